The van der Waals surface area contributed by atoms with Crippen LogP contribution in [0.3, 0.4) is 0 Å². The molecule has 1 aromatic carbocycles. The monoisotopic (exact) mass is 397 g/mol. The van der Waals surface area contributed by atoms with Crippen LogP contribution in [0.15, 0.2) is 18.2 Å². The Morgan fingerprint density at radius 2 is 1.69 bits per heavy atom. The number of unbranched alkanes of at least 4 members (excludes halogenated alkanes) is 1. The van der Waals surface area contributed by atoms with Gasteiger partial charge in [0, 0.05) is 12.6 Å². The van der Waals surface area contributed by atoms with E-state index in [0.29, 0.717) is 0 Å². The van der Waals surface area contributed by atoms with Gasteiger partial charge in [-0.05, 0) is 93.4 Å². The predicted octanol–water partition coefficient (Wildman–Crippen LogP) is 7.54. The zero-order valence-electron chi connectivity index (χ0n) is 20.4. The van der Waals surface area contributed by atoms with Crippen molar-refractivity contribution in [3.05, 3.63) is 34.9 Å². The van der Waals surface area contributed by atoms with Gasteiger partial charge in [-0.1, -0.05) is 58.7 Å². The van der Waals surface area contributed by atoms with E-state index in [0.717, 1.165) is 17.9 Å². The van der Waals surface area contributed by atoms with Crippen molar-refractivity contribution in [3.8, 4) is 12.8 Å². The number of aryl methyl sites for hydroxylation is 2. The maximum atomic E-state index is 4.00. The largest absolute Gasteiger partial charge is 0.300 e. The first kappa shape index (κ1) is 25.8. The molecule has 164 valence electrons. The van der Waals surface area contributed by atoms with E-state index >= 15 is 0 Å². The molecule has 0 aliphatic heterocycles. The second kappa shape index (κ2) is 12.4. The summed E-state index contributed by atoms with van der Waals surface area (Å²) in [6.07, 6.45) is 17.5. The molecule has 2 atom stereocenters. The van der Waals surface area contributed by atoms with Crippen LogP contribution in [0.5, 0.6) is 0 Å². The van der Waals surface area contributed by atoms with Gasteiger partial charge >= 0.3 is 0 Å². The molecule has 1 heteroatoms. The van der Waals surface area contributed by atoms with E-state index in [2.05, 4.69) is 84.4 Å². The molecule has 0 spiro atoms. The third-order valence-electron chi connectivity index (χ3n) is 6.68. The standard InChI is InChI=1S/C26H45N.C2H2/c1-8-9-13-23(6)27(19-24-14-15-24)17-16-26(7,18-20(2)3)25-21(4)11-10-12-22(25)5;1-2/h10-12,20,23-24H,8-9,13-19H2,1-7H3;1-2H. The fourth-order valence-corrected chi connectivity index (χ4v) is 5.19. The van der Waals surface area contributed by atoms with Gasteiger partial charge in [0.2, 0.25) is 0 Å². The summed E-state index contributed by atoms with van der Waals surface area (Å²) >= 11 is 0. The van der Waals surface area contributed by atoms with E-state index in [1.807, 2.05) is 0 Å². The molecular weight excluding hydrogens is 350 g/mol. The minimum atomic E-state index is 0.274. The minimum absolute atomic E-state index is 0.274. The second-order valence-electron chi connectivity index (χ2n) is 10.1. The molecule has 1 saturated carbocycles. The van der Waals surface area contributed by atoms with Gasteiger partial charge in [-0.15, -0.1) is 12.8 Å². The molecular formula is C28H47N. The topological polar surface area (TPSA) is 3.24 Å². The highest BCUT2D eigenvalue weighted by molar-refractivity contribution is 5.39. The van der Waals surface area contributed by atoms with Crippen LogP contribution in [-0.2, 0) is 5.41 Å². The summed E-state index contributed by atoms with van der Waals surface area (Å²) in [7, 11) is 0. The number of nitrogens with zero attached hydrogens (tertiary/aromatic N) is 1. The Hall–Kier alpha value is -1.26. The lowest BCUT2D eigenvalue weighted by atomic mass is 9.70. The molecule has 0 heterocycles. The first-order valence-corrected chi connectivity index (χ1v) is 11.9. The van der Waals surface area contributed by atoms with E-state index in [4.69, 9.17) is 0 Å². The van der Waals surface area contributed by atoms with Crippen molar-refractivity contribution >= 4 is 0 Å². The Labute approximate surface area is 182 Å². The summed E-state index contributed by atoms with van der Waals surface area (Å²) in [5, 5.41) is 0. The summed E-state index contributed by atoms with van der Waals surface area (Å²) in [5.41, 5.74) is 4.85. The van der Waals surface area contributed by atoms with Crippen LogP contribution in [0, 0.1) is 38.5 Å². The average molecular weight is 398 g/mol. The van der Waals surface area contributed by atoms with E-state index in [1.165, 1.54) is 69.2 Å². The maximum Gasteiger partial charge on any atom is 0.00670 e. The molecule has 0 radical (unpaired) electrons. The number of rotatable bonds is 12. The van der Waals surface area contributed by atoms with Gasteiger partial charge in [0.1, 0.15) is 0 Å². The quantitative estimate of drug-likeness (QED) is 0.329. The van der Waals surface area contributed by atoms with E-state index in [-0.39, 0.29) is 5.41 Å². The molecule has 0 bridgehead atoms. The lowest BCUT2D eigenvalue weighted by Crippen LogP contribution is -2.39. The van der Waals surface area contributed by atoms with Crippen LogP contribution in [0.4, 0.5) is 0 Å². The fraction of sp³-hybridized carbons (Fsp3) is 0.714. The van der Waals surface area contributed by atoms with Gasteiger partial charge in [-0.2, -0.15) is 0 Å². The van der Waals surface area contributed by atoms with Gasteiger partial charge in [-0.25, -0.2) is 0 Å². The highest BCUT2D eigenvalue weighted by Gasteiger charge is 2.33. The second-order valence-corrected chi connectivity index (χ2v) is 10.1. The number of terminal acetylenes is 1. The molecule has 2 rings (SSSR count). The van der Waals surface area contributed by atoms with Crippen molar-refractivity contribution in [1.29, 1.82) is 0 Å². The number of hydrogen-bond donors (Lipinski definition) is 0. The zero-order chi connectivity index (χ0) is 22.0. The lowest BCUT2D eigenvalue weighted by molar-refractivity contribution is 0.165. The van der Waals surface area contributed by atoms with E-state index in [1.54, 1.807) is 5.56 Å². The van der Waals surface area contributed by atoms with Gasteiger partial charge in [0.05, 0.1) is 0 Å². The third-order valence-corrected chi connectivity index (χ3v) is 6.68. The lowest BCUT2D eigenvalue weighted by Gasteiger charge is -2.38. The van der Waals surface area contributed by atoms with Gasteiger partial charge in [0.25, 0.3) is 0 Å². The summed E-state index contributed by atoms with van der Waals surface area (Å²) in [5.74, 6) is 1.70. The summed E-state index contributed by atoms with van der Waals surface area (Å²) in [6.45, 7) is 19.3. The smallest absolute Gasteiger partial charge is 0.00670 e. The first-order chi connectivity index (χ1) is 13.8. The van der Waals surface area contributed by atoms with Crippen LogP contribution < -0.4 is 0 Å². The Morgan fingerprint density at radius 1 is 1.10 bits per heavy atom. The SMILES string of the molecule is C#C.CCCCC(C)N(CCC(C)(CC(C)C)c1c(C)cccc1C)CC1CC1. The molecule has 0 aromatic heterocycles. The maximum absolute atomic E-state index is 4.00. The van der Waals surface area contributed by atoms with Crippen molar-refractivity contribution in [2.24, 2.45) is 11.8 Å². The number of hydrogen-bond acceptors (Lipinski definition) is 1. The molecule has 0 saturated heterocycles. The van der Waals surface area contributed by atoms with Crippen molar-refractivity contribution < 1.29 is 0 Å². The first-order valence-electron chi connectivity index (χ1n) is 11.9. The van der Waals surface area contributed by atoms with Crippen LogP contribution in [0.1, 0.15) is 96.3 Å². The molecule has 1 aliphatic carbocycles. The van der Waals surface area contributed by atoms with E-state index in [9.17, 15) is 0 Å². The molecule has 1 nitrogen and oxygen atoms in total. The van der Waals surface area contributed by atoms with Gasteiger partial charge in [0.15, 0.2) is 0 Å². The van der Waals surface area contributed by atoms with E-state index < -0.39 is 0 Å². The third kappa shape index (κ3) is 8.18. The Kier molecular flexibility index (Phi) is 11.1. The Bertz CT molecular complexity index is 590. The zero-order valence-corrected chi connectivity index (χ0v) is 20.4. The molecule has 0 amide bonds. The van der Waals surface area contributed by atoms with Crippen molar-refractivity contribution in [3.63, 3.8) is 0 Å². The van der Waals surface area contributed by atoms with Crippen molar-refractivity contribution in [1.82, 2.24) is 4.90 Å². The van der Waals surface area contributed by atoms with Crippen molar-refractivity contribution in [2.45, 2.75) is 105 Å². The number of benzene rings is 1. The normalized spacial score (nSPS) is 16.9. The average Bonchev–Trinajstić information content (AvgIpc) is 3.48. The molecule has 1 aliphatic rings. The highest BCUT2D eigenvalue weighted by atomic mass is 15.2. The highest BCUT2D eigenvalue weighted by Crippen LogP contribution is 2.39. The molecule has 1 aromatic rings. The molecule has 29 heavy (non-hydrogen) atoms. The van der Waals surface area contributed by atoms with Gasteiger partial charge < -0.3 is 4.90 Å². The fourth-order valence-electron chi connectivity index (χ4n) is 5.19. The molecule has 0 N–H and O–H groups in total. The Balaban J connectivity index is 0.00000204. The van der Waals surface area contributed by atoms with Crippen LogP contribution >= 0.6 is 0 Å². The van der Waals surface area contributed by atoms with Crippen molar-refractivity contribution in [2.75, 3.05) is 13.1 Å². The summed E-state index contributed by atoms with van der Waals surface area (Å²) in [6, 6.07) is 7.57. The predicted molar refractivity (Wildman–Crippen MR) is 131 cm³/mol. The summed E-state index contributed by atoms with van der Waals surface area (Å²) in [4.78, 5) is 2.83. The Morgan fingerprint density at radius 3 is 2.17 bits per heavy atom. The van der Waals surface area contributed by atoms with Crippen LogP contribution in [0.25, 0.3) is 0 Å². The summed E-state index contributed by atoms with van der Waals surface area (Å²) < 4.78 is 0. The molecule has 1 fully saturated rings. The van der Waals surface area contributed by atoms with Gasteiger partial charge in [-0.3, -0.25) is 0 Å². The van der Waals surface area contributed by atoms with Crippen LogP contribution in [-0.4, -0.2) is 24.0 Å². The van der Waals surface area contributed by atoms with Crippen LogP contribution in [0.2, 0.25) is 0 Å². The molecule has 2 unspecified atom stereocenters. The minimum Gasteiger partial charge on any atom is -0.300 e.